The van der Waals surface area contributed by atoms with Crippen LogP contribution in [0.4, 0.5) is 5.82 Å². The monoisotopic (exact) mass is 224 g/mol. The first-order chi connectivity index (χ1) is 7.27. The van der Waals surface area contributed by atoms with Crippen molar-refractivity contribution >= 4 is 22.1 Å². The van der Waals surface area contributed by atoms with E-state index in [1.807, 2.05) is 6.07 Å². The number of fused-ring (bicyclic) bond motifs is 1. The maximum absolute atomic E-state index is 10.9. The van der Waals surface area contributed by atoms with Crippen LogP contribution in [0.25, 0.3) is 5.52 Å². The molecule has 0 amide bonds. The zero-order valence-electron chi connectivity index (χ0n) is 8.38. The minimum Gasteiger partial charge on any atom is -0.367 e. The van der Waals surface area contributed by atoms with Gasteiger partial charge in [-0.3, -0.25) is 4.21 Å². The van der Waals surface area contributed by atoms with Crippen molar-refractivity contribution in [2.45, 2.75) is 0 Å². The van der Waals surface area contributed by atoms with Crippen molar-refractivity contribution < 1.29 is 4.21 Å². The molecular formula is C9H12N4OS. The molecule has 0 aliphatic heterocycles. The molecule has 0 aliphatic rings. The van der Waals surface area contributed by atoms with Gasteiger partial charge in [0.15, 0.2) is 5.82 Å². The lowest BCUT2D eigenvalue weighted by molar-refractivity contribution is 0.687. The fourth-order valence-corrected chi connectivity index (χ4v) is 1.70. The van der Waals surface area contributed by atoms with Crippen LogP contribution in [0.2, 0.25) is 0 Å². The van der Waals surface area contributed by atoms with Gasteiger partial charge in [0.2, 0.25) is 0 Å². The summed E-state index contributed by atoms with van der Waals surface area (Å²) in [4.78, 5) is 4.21. The number of hydrogen-bond donors (Lipinski definition) is 1. The predicted molar refractivity (Wildman–Crippen MR) is 60.4 cm³/mol. The van der Waals surface area contributed by atoms with E-state index < -0.39 is 10.8 Å². The van der Waals surface area contributed by atoms with Gasteiger partial charge < -0.3 is 5.32 Å². The summed E-state index contributed by atoms with van der Waals surface area (Å²) in [5, 5.41) is 7.24. The summed E-state index contributed by atoms with van der Waals surface area (Å²) in [7, 11) is -0.776. The predicted octanol–water partition coefficient (Wildman–Crippen LogP) is 0.520. The van der Waals surface area contributed by atoms with Crippen LogP contribution in [0.5, 0.6) is 0 Å². The Kier molecular flexibility index (Phi) is 2.96. The summed E-state index contributed by atoms with van der Waals surface area (Å²) < 4.78 is 12.6. The third-order valence-corrected chi connectivity index (χ3v) is 2.79. The van der Waals surface area contributed by atoms with Gasteiger partial charge in [-0.15, -0.1) is 0 Å². The molecule has 0 bridgehead atoms. The average Bonchev–Trinajstić information content (AvgIpc) is 2.65. The number of aromatic nitrogens is 3. The second-order valence-electron chi connectivity index (χ2n) is 3.14. The van der Waals surface area contributed by atoms with E-state index in [1.165, 1.54) is 0 Å². The van der Waals surface area contributed by atoms with E-state index in [1.54, 1.807) is 29.4 Å². The second-order valence-corrected chi connectivity index (χ2v) is 4.70. The summed E-state index contributed by atoms with van der Waals surface area (Å²) in [5.74, 6) is 1.40. The molecule has 2 rings (SSSR count). The Labute approximate surface area is 90.0 Å². The molecule has 0 saturated heterocycles. The Morgan fingerprint density at radius 1 is 1.53 bits per heavy atom. The minimum atomic E-state index is -0.776. The molecule has 0 spiro atoms. The smallest absolute Gasteiger partial charge is 0.152 e. The van der Waals surface area contributed by atoms with E-state index in [4.69, 9.17) is 0 Å². The molecule has 1 N–H and O–H groups in total. The molecule has 2 aromatic rings. The van der Waals surface area contributed by atoms with Gasteiger partial charge in [0.1, 0.15) is 5.52 Å². The summed E-state index contributed by atoms with van der Waals surface area (Å²) in [6.07, 6.45) is 6.89. The van der Waals surface area contributed by atoms with Gasteiger partial charge in [0.05, 0.1) is 6.20 Å². The second kappa shape index (κ2) is 4.39. The van der Waals surface area contributed by atoms with E-state index in [9.17, 15) is 4.21 Å². The van der Waals surface area contributed by atoms with Crippen molar-refractivity contribution in [1.29, 1.82) is 0 Å². The van der Waals surface area contributed by atoms with E-state index in [2.05, 4.69) is 15.4 Å². The van der Waals surface area contributed by atoms with Crippen LogP contribution >= 0.6 is 0 Å². The van der Waals surface area contributed by atoms with Crippen LogP contribution in [0.3, 0.4) is 0 Å². The Morgan fingerprint density at radius 3 is 3.20 bits per heavy atom. The zero-order valence-corrected chi connectivity index (χ0v) is 9.20. The highest BCUT2D eigenvalue weighted by Gasteiger charge is 2.01. The maximum Gasteiger partial charge on any atom is 0.152 e. The van der Waals surface area contributed by atoms with Crippen LogP contribution in [0, 0.1) is 0 Å². The third kappa shape index (κ3) is 2.33. The first-order valence-corrected chi connectivity index (χ1v) is 6.32. The molecule has 0 radical (unpaired) electrons. The number of nitrogens with one attached hydrogen (secondary N) is 1. The van der Waals surface area contributed by atoms with Gasteiger partial charge in [-0.25, -0.2) is 9.50 Å². The number of hydrogen-bond acceptors (Lipinski definition) is 4. The highest BCUT2D eigenvalue weighted by Crippen LogP contribution is 2.11. The Balaban J connectivity index is 2.13. The quantitative estimate of drug-likeness (QED) is 0.822. The van der Waals surface area contributed by atoms with E-state index in [0.29, 0.717) is 12.3 Å². The van der Waals surface area contributed by atoms with Crippen LogP contribution in [-0.4, -0.2) is 37.4 Å². The molecule has 5 nitrogen and oxygen atoms in total. The molecule has 2 heterocycles. The topological polar surface area (TPSA) is 59.3 Å². The lowest BCUT2D eigenvalue weighted by atomic mass is 10.4. The van der Waals surface area contributed by atoms with Crippen LogP contribution in [-0.2, 0) is 10.8 Å². The van der Waals surface area contributed by atoms with Crippen molar-refractivity contribution in [3.8, 4) is 0 Å². The lowest BCUT2D eigenvalue weighted by Crippen LogP contribution is -2.11. The SMILES string of the molecule is CS(=O)CCNc1nccn2nccc12. The molecule has 0 aliphatic carbocycles. The highest BCUT2D eigenvalue weighted by molar-refractivity contribution is 7.84. The van der Waals surface area contributed by atoms with Gasteiger partial charge in [0, 0.05) is 41.7 Å². The van der Waals surface area contributed by atoms with Gasteiger partial charge in [-0.1, -0.05) is 0 Å². The molecule has 1 atom stereocenters. The molecular weight excluding hydrogens is 212 g/mol. The molecule has 0 saturated carbocycles. The lowest BCUT2D eigenvalue weighted by Gasteiger charge is -2.05. The fourth-order valence-electron chi connectivity index (χ4n) is 1.31. The summed E-state index contributed by atoms with van der Waals surface area (Å²) in [6.45, 7) is 0.654. The van der Waals surface area contributed by atoms with Gasteiger partial charge >= 0.3 is 0 Å². The molecule has 0 fully saturated rings. The van der Waals surface area contributed by atoms with Crippen LogP contribution in [0.1, 0.15) is 0 Å². The van der Waals surface area contributed by atoms with Crippen molar-refractivity contribution in [1.82, 2.24) is 14.6 Å². The van der Waals surface area contributed by atoms with Crippen LogP contribution in [0.15, 0.2) is 24.7 Å². The van der Waals surface area contributed by atoms with Gasteiger partial charge in [-0.2, -0.15) is 5.10 Å². The Morgan fingerprint density at radius 2 is 2.40 bits per heavy atom. The molecule has 2 aromatic heterocycles. The third-order valence-electron chi connectivity index (χ3n) is 2.01. The maximum atomic E-state index is 10.9. The zero-order chi connectivity index (χ0) is 10.7. The molecule has 1 unspecified atom stereocenters. The standard InChI is InChI=1S/C9H12N4OS/c1-15(14)7-5-11-9-8-2-3-12-13(8)6-4-10-9/h2-4,6H,5,7H2,1H3,(H,10,11). The molecule has 0 aromatic carbocycles. The van der Waals surface area contributed by atoms with Crippen molar-refractivity contribution in [2.75, 3.05) is 23.9 Å². The van der Waals surface area contributed by atoms with Crippen molar-refractivity contribution in [3.05, 3.63) is 24.7 Å². The average molecular weight is 224 g/mol. The number of anilines is 1. The minimum absolute atomic E-state index is 0.622. The number of nitrogens with zero attached hydrogens (tertiary/aromatic N) is 3. The fraction of sp³-hybridized carbons (Fsp3) is 0.333. The summed E-state index contributed by atoms with van der Waals surface area (Å²) in [5.41, 5.74) is 0.930. The van der Waals surface area contributed by atoms with Crippen LogP contribution < -0.4 is 5.32 Å². The number of rotatable bonds is 4. The Hall–Kier alpha value is -1.43. The van der Waals surface area contributed by atoms with E-state index >= 15 is 0 Å². The first kappa shape index (κ1) is 10.1. The van der Waals surface area contributed by atoms with Crippen molar-refractivity contribution in [3.63, 3.8) is 0 Å². The molecule has 15 heavy (non-hydrogen) atoms. The van der Waals surface area contributed by atoms with Gasteiger partial charge in [-0.05, 0) is 6.07 Å². The van der Waals surface area contributed by atoms with Gasteiger partial charge in [0.25, 0.3) is 0 Å². The molecule has 6 heteroatoms. The van der Waals surface area contributed by atoms with Crippen molar-refractivity contribution in [2.24, 2.45) is 0 Å². The summed E-state index contributed by atoms with van der Waals surface area (Å²) >= 11 is 0. The summed E-state index contributed by atoms with van der Waals surface area (Å²) in [6, 6.07) is 1.89. The normalized spacial score (nSPS) is 12.9. The molecule has 80 valence electrons. The highest BCUT2D eigenvalue weighted by atomic mass is 32.2. The Bertz CT molecular complexity index is 482. The first-order valence-electron chi connectivity index (χ1n) is 4.59. The van der Waals surface area contributed by atoms with E-state index in [0.717, 1.165) is 11.3 Å². The van der Waals surface area contributed by atoms with E-state index in [-0.39, 0.29) is 0 Å². The largest absolute Gasteiger partial charge is 0.367 e.